The van der Waals surface area contributed by atoms with Crippen LogP contribution in [0.3, 0.4) is 0 Å². The molecule has 0 spiro atoms. The number of aromatic carboxylic acids is 1. The largest absolute Gasteiger partial charge is 0.478 e. The van der Waals surface area contributed by atoms with Gasteiger partial charge in [-0.3, -0.25) is 4.79 Å². The topological polar surface area (TPSA) is 54.4 Å². The summed E-state index contributed by atoms with van der Waals surface area (Å²) in [5.41, 5.74) is 3.50. The molecule has 2 aromatic carbocycles. The molecule has 5 heteroatoms. The molecule has 3 rings (SSSR count). The number of benzene rings is 2. The minimum absolute atomic E-state index is 0.0150. The van der Waals surface area contributed by atoms with E-state index in [1.165, 1.54) is 35.4 Å². The summed E-state index contributed by atoms with van der Waals surface area (Å²) in [4.78, 5) is 24.7. The second kappa shape index (κ2) is 8.35. The standard InChI is InChI=1S/C28H35FO3Si/c1-16(28(6,7)33)23-19(25(31)32)11-8-17(24(23)29)10-13-22(30)18-9-12-20-21(14-18)27(4,5)15-26(20,2)3/h8-14,16H,15H2,1-7,33H3,(H,31,32). The van der Waals surface area contributed by atoms with Crippen LogP contribution in [0, 0.1) is 5.82 Å². The predicted octanol–water partition coefficient (Wildman–Crippen LogP) is 6.05. The third-order valence-corrected chi connectivity index (χ3v) is 8.10. The van der Waals surface area contributed by atoms with E-state index in [2.05, 4.69) is 27.7 Å². The highest BCUT2D eigenvalue weighted by atomic mass is 28.1. The zero-order chi connectivity index (χ0) is 24.9. The van der Waals surface area contributed by atoms with Gasteiger partial charge in [-0.1, -0.05) is 66.7 Å². The van der Waals surface area contributed by atoms with Crippen molar-refractivity contribution < 1.29 is 19.1 Å². The maximum atomic E-state index is 15.5. The monoisotopic (exact) mass is 466 g/mol. The third-order valence-electron chi connectivity index (χ3n) is 7.23. The Morgan fingerprint density at radius 2 is 1.70 bits per heavy atom. The number of hydrogen-bond acceptors (Lipinski definition) is 2. The normalized spacial score (nSPS) is 17.8. The van der Waals surface area contributed by atoms with Gasteiger partial charge in [-0.25, -0.2) is 9.18 Å². The second-order valence-corrected chi connectivity index (χ2v) is 14.3. The van der Waals surface area contributed by atoms with Gasteiger partial charge in [0.25, 0.3) is 0 Å². The van der Waals surface area contributed by atoms with E-state index in [-0.39, 0.29) is 44.3 Å². The molecule has 0 saturated heterocycles. The minimum Gasteiger partial charge on any atom is -0.478 e. The smallest absolute Gasteiger partial charge is 0.336 e. The number of carboxylic acid groups (broad SMARTS) is 1. The zero-order valence-electron chi connectivity index (χ0n) is 21.0. The molecule has 0 heterocycles. The van der Waals surface area contributed by atoms with Crippen molar-refractivity contribution in [1.82, 2.24) is 0 Å². The van der Waals surface area contributed by atoms with E-state index in [1.54, 1.807) is 0 Å². The number of fused-ring (bicyclic) bond motifs is 1. The third kappa shape index (κ3) is 4.74. The van der Waals surface area contributed by atoms with Crippen molar-refractivity contribution >= 4 is 28.1 Å². The molecule has 0 amide bonds. The van der Waals surface area contributed by atoms with Crippen LogP contribution < -0.4 is 0 Å². The molecular weight excluding hydrogens is 431 g/mol. The van der Waals surface area contributed by atoms with Crippen LogP contribution in [0.1, 0.15) is 104 Å². The van der Waals surface area contributed by atoms with Crippen LogP contribution >= 0.6 is 0 Å². The second-order valence-electron chi connectivity index (χ2n) is 11.7. The van der Waals surface area contributed by atoms with Gasteiger partial charge < -0.3 is 5.11 Å². The first-order chi connectivity index (χ1) is 15.1. The predicted molar refractivity (Wildman–Crippen MR) is 136 cm³/mol. The van der Waals surface area contributed by atoms with Crippen LogP contribution in [-0.2, 0) is 10.8 Å². The first-order valence-corrected chi connectivity index (χ1v) is 12.5. The summed E-state index contributed by atoms with van der Waals surface area (Å²) in [5.74, 6) is -2.16. The molecule has 0 bridgehead atoms. The van der Waals surface area contributed by atoms with Crippen molar-refractivity contribution in [3.63, 3.8) is 0 Å². The Balaban J connectivity index is 1.98. The molecule has 0 radical (unpaired) electrons. The lowest BCUT2D eigenvalue weighted by Gasteiger charge is -2.29. The number of carbonyl (C=O) groups excluding carboxylic acids is 1. The lowest BCUT2D eigenvalue weighted by molar-refractivity contribution is 0.0694. The fourth-order valence-corrected chi connectivity index (χ4v) is 5.47. The molecule has 1 atom stereocenters. The Morgan fingerprint density at radius 3 is 2.27 bits per heavy atom. The summed E-state index contributed by atoms with van der Waals surface area (Å²) in [7, 11) is 0.783. The van der Waals surface area contributed by atoms with Crippen LogP contribution in [0.25, 0.3) is 6.08 Å². The van der Waals surface area contributed by atoms with Gasteiger partial charge in [-0.05, 0) is 63.6 Å². The maximum absolute atomic E-state index is 15.5. The molecule has 3 nitrogen and oxygen atoms in total. The van der Waals surface area contributed by atoms with E-state index in [1.807, 2.05) is 39.0 Å². The highest BCUT2D eigenvalue weighted by molar-refractivity contribution is 6.15. The Labute approximate surface area is 199 Å². The summed E-state index contributed by atoms with van der Waals surface area (Å²) in [5, 5.41) is 9.40. The van der Waals surface area contributed by atoms with Gasteiger partial charge in [0.15, 0.2) is 5.78 Å². The Hall–Kier alpha value is -2.53. The molecule has 0 aromatic heterocycles. The molecule has 33 heavy (non-hydrogen) atoms. The average molecular weight is 467 g/mol. The summed E-state index contributed by atoms with van der Waals surface area (Å²) in [6, 6.07) is 8.73. The summed E-state index contributed by atoms with van der Waals surface area (Å²) in [6.45, 7) is 14.7. The molecule has 0 saturated carbocycles. The average Bonchev–Trinajstić information content (AvgIpc) is 2.88. The van der Waals surface area contributed by atoms with E-state index in [9.17, 15) is 14.7 Å². The SMILES string of the molecule is CC(c1c(C(=O)O)ccc(C=CC(=O)c2ccc3c(c2)C(C)(C)CC3(C)C)c1F)C(C)(C)[SiH3]. The van der Waals surface area contributed by atoms with Crippen molar-refractivity contribution in [3.05, 3.63) is 75.6 Å². The maximum Gasteiger partial charge on any atom is 0.336 e. The fraction of sp³-hybridized carbons (Fsp3) is 0.429. The summed E-state index contributed by atoms with van der Waals surface area (Å²) >= 11 is 0. The van der Waals surface area contributed by atoms with Gasteiger partial charge in [0.05, 0.1) is 5.56 Å². The lowest BCUT2D eigenvalue weighted by atomic mass is 9.82. The summed E-state index contributed by atoms with van der Waals surface area (Å²) in [6.07, 6.45) is 3.86. The highest BCUT2D eigenvalue weighted by Crippen LogP contribution is 2.49. The van der Waals surface area contributed by atoms with Crippen LogP contribution in [0.2, 0.25) is 5.04 Å². The minimum atomic E-state index is -1.14. The Kier molecular flexibility index (Phi) is 6.35. The molecule has 1 N–H and O–H groups in total. The van der Waals surface area contributed by atoms with Crippen molar-refractivity contribution in [1.29, 1.82) is 0 Å². The number of carbonyl (C=O) groups is 2. The van der Waals surface area contributed by atoms with Crippen molar-refractivity contribution in [3.8, 4) is 0 Å². The first-order valence-electron chi connectivity index (χ1n) is 11.5. The number of halogens is 1. The van der Waals surface area contributed by atoms with Gasteiger partial charge >= 0.3 is 5.97 Å². The molecule has 1 unspecified atom stereocenters. The van der Waals surface area contributed by atoms with Crippen molar-refractivity contribution in [2.75, 3.05) is 0 Å². The molecule has 2 aromatic rings. The van der Waals surface area contributed by atoms with Gasteiger partial charge in [0, 0.05) is 26.9 Å². The molecule has 176 valence electrons. The van der Waals surface area contributed by atoms with Crippen LogP contribution in [0.15, 0.2) is 36.4 Å². The molecular formula is C28H35FO3Si. The first kappa shape index (κ1) is 25.1. The van der Waals surface area contributed by atoms with E-state index in [0.29, 0.717) is 5.56 Å². The number of allylic oxidation sites excluding steroid dienone is 1. The number of ketones is 1. The highest BCUT2D eigenvalue weighted by Gasteiger charge is 2.41. The van der Waals surface area contributed by atoms with Crippen molar-refractivity contribution in [2.45, 2.75) is 76.7 Å². The van der Waals surface area contributed by atoms with Gasteiger partial charge in [0.1, 0.15) is 5.82 Å². The number of rotatable bonds is 6. The van der Waals surface area contributed by atoms with Gasteiger partial charge in [-0.2, -0.15) is 0 Å². The van der Waals surface area contributed by atoms with Crippen molar-refractivity contribution in [2.24, 2.45) is 0 Å². The van der Waals surface area contributed by atoms with Gasteiger partial charge in [-0.15, -0.1) is 0 Å². The fourth-order valence-electron chi connectivity index (χ4n) is 5.19. The van der Waals surface area contributed by atoms with E-state index >= 15 is 4.39 Å². The van der Waals surface area contributed by atoms with Crippen LogP contribution in [0.4, 0.5) is 4.39 Å². The number of hydrogen-bond donors (Lipinski definition) is 1. The molecule has 0 fully saturated rings. The summed E-state index contributed by atoms with van der Waals surface area (Å²) < 4.78 is 15.5. The molecule has 1 aliphatic carbocycles. The van der Waals surface area contributed by atoms with E-state index in [0.717, 1.165) is 16.7 Å². The molecule has 1 aliphatic rings. The van der Waals surface area contributed by atoms with E-state index < -0.39 is 11.8 Å². The lowest BCUT2D eigenvalue weighted by Crippen LogP contribution is -2.18. The van der Waals surface area contributed by atoms with Gasteiger partial charge in [0.2, 0.25) is 0 Å². The molecule has 0 aliphatic heterocycles. The number of carboxylic acids is 1. The Bertz CT molecular complexity index is 1150. The zero-order valence-corrected chi connectivity index (χ0v) is 23.0. The van der Waals surface area contributed by atoms with E-state index in [4.69, 9.17) is 0 Å². The van der Waals surface area contributed by atoms with Crippen LogP contribution in [0.5, 0.6) is 0 Å². The quantitative estimate of drug-likeness (QED) is 0.320. The Morgan fingerprint density at radius 1 is 1.09 bits per heavy atom. The van der Waals surface area contributed by atoms with Crippen LogP contribution in [-0.4, -0.2) is 27.1 Å².